The third-order valence-electron chi connectivity index (χ3n) is 2.80. The molecule has 106 valence electrons. The van der Waals surface area contributed by atoms with Gasteiger partial charge in [0.1, 0.15) is 0 Å². The van der Waals surface area contributed by atoms with Crippen molar-refractivity contribution in [1.82, 2.24) is 4.72 Å². The van der Waals surface area contributed by atoms with E-state index in [2.05, 4.69) is 4.72 Å². The molecule has 0 fully saturated rings. The Balaban J connectivity index is 2.96. The van der Waals surface area contributed by atoms with Gasteiger partial charge in [0.15, 0.2) is 0 Å². The van der Waals surface area contributed by atoms with E-state index in [-0.39, 0.29) is 10.5 Å². The van der Waals surface area contributed by atoms with E-state index in [9.17, 15) is 13.2 Å². The van der Waals surface area contributed by atoms with Crippen molar-refractivity contribution in [2.45, 2.75) is 32.1 Å². The summed E-state index contributed by atoms with van der Waals surface area (Å²) in [5.74, 6) is -0.210. The van der Waals surface area contributed by atoms with Gasteiger partial charge in [-0.3, -0.25) is 4.79 Å². The first-order valence-corrected chi connectivity index (χ1v) is 7.62. The molecule has 6 heteroatoms. The maximum atomic E-state index is 12.0. The first kappa shape index (κ1) is 15.7. The lowest BCUT2D eigenvalue weighted by Crippen LogP contribution is -2.26. The van der Waals surface area contributed by atoms with Crippen LogP contribution in [0, 0.1) is 12.8 Å². The lowest BCUT2D eigenvalue weighted by atomic mass is 10.1. The van der Waals surface area contributed by atoms with Crippen LogP contribution in [0.1, 0.15) is 36.2 Å². The minimum Gasteiger partial charge on any atom is -0.366 e. The van der Waals surface area contributed by atoms with Crippen molar-refractivity contribution in [3.63, 3.8) is 0 Å². The van der Waals surface area contributed by atoms with E-state index >= 15 is 0 Å². The summed E-state index contributed by atoms with van der Waals surface area (Å²) in [5.41, 5.74) is 6.10. The molecule has 0 heterocycles. The van der Waals surface area contributed by atoms with E-state index in [0.717, 1.165) is 6.42 Å². The fraction of sp³-hybridized carbons (Fsp3) is 0.462. The molecule has 0 aliphatic carbocycles. The molecular formula is C13H20N2O3S. The zero-order valence-corrected chi connectivity index (χ0v) is 12.3. The van der Waals surface area contributed by atoms with Crippen LogP contribution in [0.4, 0.5) is 0 Å². The van der Waals surface area contributed by atoms with Crippen LogP contribution in [0.15, 0.2) is 23.1 Å². The summed E-state index contributed by atoms with van der Waals surface area (Å²) in [5, 5.41) is 0. The summed E-state index contributed by atoms with van der Waals surface area (Å²) in [4.78, 5) is 11.3. The summed E-state index contributed by atoms with van der Waals surface area (Å²) in [6.07, 6.45) is 0.758. The molecule has 0 radical (unpaired) electrons. The van der Waals surface area contributed by atoms with Crippen molar-refractivity contribution in [2.75, 3.05) is 6.54 Å². The second-order valence-electron chi connectivity index (χ2n) is 4.92. The molecule has 0 spiro atoms. The van der Waals surface area contributed by atoms with Crippen molar-refractivity contribution >= 4 is 15.9 Å². The second-order valence-corrected chi connectivity index (χ2v) is 6.69. The van der Waals surface area contributed by atoms with E-state index in [1.165, 1.54) is 12.1 Å². The first-order valence-electron chi connectivity index (χ1n) is 6.14. The van der Waals surface area contributed by atoms with E-state index < -0.39 is 15.9 Å². The molecule has 1 rings (SSSR count). The predicted molar refractivity (Wildman–Crippen MR) is 74.3 cm³/mol. The number of amides is 1. The number of carbonyl (C=O) groups is 1. The van der Waals surface area contributed by atoms with Crippen LogP contribution in [-0.2, 0) is 10.0 Å². The van der Waals surface area contributed by atoms with Gasteiger partial charge in [-0.05, 0) is 37.0 Å². The number of nitrogens with one attached hydrogen (secondary N) is 1. The van der Waals surface area contributed by atoms with Gasteiger partial charge in [-0.25, -0.2) is 13.1 Å². The lowest BCUT2D eigenvalue weighted by Gasteiger charge is -2.10. The molecule has 1 amide bonds. The number of hydrogen-bond donors (Lipinski definition) is 2. The SMILES string of the molecule is Cc1ccc(S(=O)(=O)NCCC(C)C)cc1C(N)=O. The molecule has 5 nitrogen and oxygen atoms in total. The predicted octanol–water partition coefficient (Wildman–Crippen LogP) is 1.42. The molecule has 0 saturated heterocycles. The average Bonchev–Trinajstić information content (AvgIpc) is 2.27. The Morgan fingerprint density at radius 2 is 2.00 bits per heavy atom. The molecule has 0 aromatic heterocycles. The average molecular weight is 284 g/mol. The van der Waals surface area contributed by atoms with Gasteiger partial charge in [-0.2, -0.15) is 0 Å². The Labute approximate surface area is 114 Å². The summed E-state index contributed by atoms with van der Waals surface area (Å²) >= 11 is 0. The molecule has 1 aromatic carbocycles. The Kier molecular flexibility index (Phi) is 5.08. The number of nitrogens with two attached hydrogens (primary N) is 1. The summed E-state index contributed by atoms with van der Waals surface area (Å²) in [6, 6.07) is 4.37. The van der Waals surface area contributed by atoms with Crippen LogP contribution in [0.3, 0.4) is 0 Å². The van der Waals surface area contributed by atoms with Crippen LogP contribution >= 0.6 is 0 Å². The molecule has 0 atom stereocenters. The van der Waals surface area contributed by atoms with Crippen molar-refractivity contribution in [3.05, 3.63) is 29.3 Å². The van der Waals surface area contributed by atoms with Crippen molar-refractivity contribution in [2.24, 2.45) is 11.7 Å². The highest BCUT2D eigenvalue weighted by atomic mass is 32.2. The smallest absolute Gasteiger partial charge is 0.249 e. The number of sulfonamides is 1. The maximum Gasteiger partial charge on any atom is 0.249 e. The third-order valence-corrected chi connectivity index (χ3v) is 4.26. The lowest BCUT2D eigenvalue weighted by molar-refractivity contribution is 0.0999. The minimum atomic E-state index is -3.59. The minimum absolute atomic E-state index is 0.0654. The number of benzene rings is 1. The van der Waals surface area contributed by atoms with Crippen molar-refractivity contribution in [1.29, 1.82) is 0 Å². The molecule has 3 N–H and O–H groups in total. The van der Waals surface area contributed by atoms with Gasteiger partial charge >= 0.3 is 0 Å². The molecule has 0 bridgehead atoms. The molecule has 19 heavy (non-hydrogen) atoms. The highest BCUT2D eigenvalue weighted by molar-refractivity contribution is 7.89. The molecule has 0 aliphatic rings. The zero-order chi connectivity index (χ0) is 14.6. The highest BCUT2D eigenvalue weighted by Gasteiger charge is 2.16. The van der Waals surface area contributed by atoms with Crippen LogP contribution in [-0.4, -0.2) is 20.9 Å². The summed E-state index contributed by atoms with van der Waals surface area (Å²) in [7, 11) is -3.59. The fourth-order valence-corrected chi connectivity index (χ4v) is 2.67. The van der Waals surface area contributed by atoms with Gasteiger partial charge < -0.3 is 5.73 Å². The normalized spacial score (nSPS) is 11.8. The van der Waals surface area contributed by atoms with E-state index in [1.807, 2.05) is 13.8 Å². The van der Waals surface area contributed by atoms with E-state index in [1.54, 1.807) is 13.0 Å². The second kappa shape index (κ2) is 6.16. The number of aryl methyl sites for hydroxylation is 1. The number of carbonyl (C=O) groups excluding carboxylic acids is 1. The largest absolute Gasteiger partial charge is 0.366 e. The summed E-state index contributed by atoms with van der Waals surface area (Å²) < 4.78 is 26.6. The van der Waals surface area contributed by atoms with Gasteiger partial charge in [-0.15, -0.1) is 0 Å². The van der Waals surface area contributed by atoms with Gasteiger partial charge in [0.25, 0.3) is 0 Å². The van der Waals surface area contributed by atoms with Gasteiger partial charge in [0.2, 0.25) is 15.9 Å². The van der Waals surface area contributed by atoms with Gasteiger partial charge in [0.05, 0.1) is 4.90 Å². The third kappa shape index (κ3) is 4.33. The standard InChI is InChI=1S/C13H20N2O3S/c1-9(2)6-7-15-19(17,18)11-5-4-10(3)12(8-11)13(14)16/h4-5,8-9,15H,6-7H2,1-3H3,(H2,14,16). The Morgan fingerprint density at radius 1 is 1.37 bits per heavy atom. The number of primary amides is 1. The van der Waals surface area contributed by atoms with Crippen LogP contribution in [0.25, 0.3) is 0 Å². The number of hydrogen-bond acceptors (Lipinski definition) is 3. The highest BCUT2D eigenvalue weighted by Crippen LogP contribution is 2.15. The van der Waals surface area contributed by atoms with Crippen molar-refractivity contribution < 1.29 is 13.2 Å². The van der Waals surface area contributed by atoms with Crippen LogP contribution < -0.4 is 10.5 Å². The molecule has 0 unspecified atom stereocenters. The van der Waals surface area contributed by atoms with Crippen molar-refractivity contribution in [3.8, 4) is 0 Å². The quantitative estimate of drug-likeness (QED) is 0.828. The van der Waals surface area contributed by atoms with Gasteiger partial charge in [0, 0.05) is 12.1 Å². The fourth-order valence-electron chi connectivity index (χ4n) is 1.60. The molecule has 1 aromatic rings. The summed E-state index contributed by atoms with van der Waals surface area (Å²) in [6.45, 7) is 6.12. The molecule has 0 aliphatic heterocycles. The number of rotatable bonds is 6. The molecular weight excluding hydrogens is 264 g/mol. The Hall–Kier alpha value is -1.40. The van der Waals surface area contributed by atoms with Gasteiger partial charge in [-0.1, -0.05) is 19.9 Å². The monoisotopic (exact) mass is 284 g/mol. The maximum absolute atomic E-state index is 12.0. The topological polar surface area (TPSA) is 89.3 Å². The first-order chi connectivity index (χ1) is 8.74. The van der Waals surface area contributed by atoms with E-state index in [4.69, 9.17) is 5.73 Å². The van der Waals surface area contributed by atoms with E-state index in [0.29, 0.717) is 18.0 Å². The Bertz CT molecular complexity index is 565. The van der Waals surface area contributed by atoms with Crippen LogP contribution in [0.2, 0.25) is 0 Å². The Morgan fingerprint density at radius 3 is 2.53 bits per heavy atom. The zero-order valence-electron chi connectivity index (χ0n) is 11.4. The van der Waals surface area contributed by atoms with Crippen LogP contribution in [0.5, 0.6) is 0 Å². The molecule has 0 saturated carbocycles.